The van der Waals surface area contributed by atoms with Gasteiger partial charge in [-0.05, 0) is 30.0 Å². The number of thioether (sulfide) groups is 1. The molecule has 0 aliphatic carbocycles. The van der Waals surface area contributed by atoms with Gasteiger partial charge in [0.2, 0.25) is 5.16 Å². The molecule has 0 unspecified atom stereocenters. The van der Waals surface area contributed by atoms with Crippen LogP contribution in [0.2, 0.25) is 10.0 Å². The second-order valence-electron chi connectivity index (χ2n) is 5.87. The summed E-state index contributed by atoms with van der Waals surface area (Å²) in [5.41, 5.74) is 3.13. The molecule has 0 saturated heterocycles. The van der Waals surface area contributed by atoms with Gasteiger partial charge < -0.3 is 4.57 Å². The van der Waals surface area contributed by atoms with Crippen molar-refractivity contribution in [1.29, 1.82) is 0 Å². The van der Waals surface area contributed by atoms with Crippen molar-refractivity contribution in [2.45, 2.75) is 11.7 Å². The zero-order valence-electron chi connectivity index (χ0n) is 14.4. The Hall–Kier alpha value is -2.28. The van der Waals surface area contributed by atoms with Crippen LogP contribution in [-0.4, -0.2) is 31.9 Å². The number of rotatable bonds is 5. The lowest BCUT2D eigenvalue weighted by atomic mass is 10.2. The van der Waals surface area contributed by atoms with Gasteiger partial charge in [0, 0.05) is 39.3 Å². The first-order valence-electron chi connectivity index (χ1n) is 8.16. The maximum Gasteiger partial charge on any atom is 0.211 e. The van der Waals surface area contributed by atoms with E-state index in [1.165, 1.54) is 11.8 Å². The van der Waals surface area contributed by atoms with E-state index in [1.807, 2.05) is 36.7 Å². The molecule has 0 aliphatic rings. The molecule has 2 aromatic carbocycles. The number of para-hydroxylation sites is 1. The van der Waals surface area contributed by atoms with Crippen LogP contribution in [0.15, 0.2) is 65.2 Å². The molecule has 0 fully saturated rings. The number of hydrogen-bond acceptors (Lipinski definition) is 4. The van der Waals surface area contributed by atoms with Gasteiger partial charge in [-0.2, -0.15) is 9.78 Å². The first-order valence-corrected chi connectivity index (χ1v) is 10.1. The fourth-order valence-corrected chi connectivity index (χ4v) is 3.78. The van der Waals surface area contributed by atoms with E-state index in [0.29, 0.717) is 16.6 Å². The number of nitrogens with zero attached hydrogens (tertiary/aromatic N) is 5. The molecule has 0 N–H and O–H groups in total. The van der Waals surface area contributed by atoms with E-state index in [1.54, 1.807) is 17.1 Å². The van der Waals surface area contributed by atoms with Crippen LogP contribution in [-0.2, 0) is 6.54 Å². The minimum atomic E-state index is 0.632. The van der Waals surface area contributed by atoms with Gasteiger partial charge in [-0.25, -0.2) is 0 Å². The second kappa shape index (κ2) is 7.76. The maximum atomic E-state index is 6.36. The highest BCUT2D eigenvalue weighted by Crippen LogP contribution is 2.25. The fourth-order valence-electron chi connectivity index (χ4n) is 2.90. The molecule has 4 aromatic rings. The smallest absolute Gasteiger partial charge is 0.211 e. The molecular weight excluding hydrogens is 401 g/mol. The van der Waals surface area contributed by atoms with Gasteiger partial charge in [0.1, 0.15) is 6.33 Å². The third kappa shape index (κ3) is 3.74. The average molecular weight is 416 g/mol. The number of aromatic nitrogens is 4. The molecule has 136 valence electrons. The summed E-state index contributed by atoms with van der Waals surface area (Å²) < 4.78 is 3.82. The van der Waals surface area contributed by atoms with Crippen LogP contribution >= 0.6 is 35.0 Å². The molecule has 8 heteroatoms. The Labute approximate surface area is 170 Å². The summed E-state index contributed by atoms with van der Waals surface area (Å²) in [7, 11) is 0. The Morgan fingerprint density at radius 1 is 1.19 bits per heavy atom. The molecule has 5 nitrogen and oxygen atoms in total. The van der Waals surface area contributed by atoms with Gasteiger partial charge in [0.05, 0.1) is 6.21 Å². The summed E-state index contributed by atoms with van der Waals surface area (Å²) in [4.78, 5) is 0. The zero-order chi connectivity index (χ0) is 18.8. The highest BCUT2D eigenvalue weighted by atomic mass is 35.5. The van der Waals surface area contributed by atoms with Crippen molar-refractivity contribution in [3.8, 4) is 0 Å². The Balaban J connectivity index is 1.73. The lowest BCUT2D eigenvalue weighted by Crippen LogP contribution is -1.98. The third-order valence-corrected chi connectivity index (χ3v) is 5.40. The summed E-state index contributed by atoms with van der Waals surface area (Å²) in [6, 6.07) is 13.8. The number of fused-ring (bicyclic) bond motifs is 1. The lowest BCUT2D eigenvalue weighted by Gasteiger charge is -2.08. The summed E-state index contributed by atoms with van der Waals surface area (Å²) in [6.45, 7) is 0.646. The second-order valence-corrected chi connectivity index (χ2v) is 7.49. The molecule has 0 spiro atoms. The summed E-state index contributed by atoms with van der Waals surface area (Å²) in [5.74, 6) is 0. The van der Waals surface area contributed by atoms with Crippen LogP contribution in [0.4, 0.5) is 0 Å². The van der Waals surface area contributed by atoms with Crippen molar-refractivity contribution >= 4 is 52.1 Å². The van der Waals surface area contributed by atoms with Crippen LogP contribution in [0.25, 0.3) is 10.9 Å². The van der Waals surface area contributed by atoms with Crippen LogP contribution in [0.3, 0.4) is 0 Å². The van der Waals surface area contributed by atoms with Crippen molar-refractivity contribution in [2.24, 2.45) is 5.10 Å². The van der Waals surface area contributed by atoms with Crippen LogP contribution in [0.5, 0.6) is 0 Å². The van der Waals surface area contributed by atoms with Gasteiger partial charge in [-0.3, -0.25) is 0 Å². The van der Waals surface area contributed by atoms with Gasteiger partial charge in [-0.1, -0.05) is 59.2 Å². The lowest BCUT2D eigenvalue weighted by molar-refractivity contribution is 0.768. The molecule has 0 amide bonds. The van der Waals surface area contributed by atoms with Crippen LogP contribution < -0.4 is 0 Å². The minimum absolute atomic E-state index is 0.632. The van der Waals surface area contributed by atoms with E-state index in [9.17, 15) is 0 Å². The molecule has 0 radical (unpaired) electrons. The predicted octanol–water partition coefficient (Wildman–Crippen LogP) is 5.19. The summed E-state index contributed by atoms with van der Waals surface area (Å²) in [5, 5.41) is 15.6. The molecule has 0 atom stereocenters. The maximum absolute atomic E-state index is 6.36. The molecular formula is C19H15Cl2N5S. The summed E-state index contributed by atoms with van der Waals surface area (Å²) >= 11 is 13.9. The predicted molar refractivity (Wildman–Crippen MR) is 112 cm³/mol. The molecule has 0 bridgehead atoms. The van der Waals surface area contributed by atoms with Gasteiger partial charge in [-0.15, -0.1) is 10.2 Å². The Bertz CT molecular complexity index is 1130. The number of halogens is 2. The normalized spacial score (nSPS) is 11.7. The first kappa shape index (κ1) is 18.1. The fraction of sp³-hybridized carbons (Fsp3) is 0.105. The van der Waals surface area contributed by atoms with E-state index >= 15 is 0 Å². The number of benzene rings is 2. The minimum Gasteiger partial charge on any atom is -0.342 e. The van der Waals surface area contributed by atoms with Crippen LogP contribution in [0.1, 0.15) is 11.1 Å². The Morgan fingerprint density at radius 2 is 2.04 bits per heavy atom. The number of hydrogen-bond donors (Lipinski definition) is 0. The first-order chi connectivity index (χ1) is 13.2. The van der Waals surface area contributed by atoms with Gasteiger partial charge in [0.25, 0.3) is 0 Å². The van der Waals surface area contributed by atoms with Crippen molar-refractivity contribution < 1.29 is 0 Å². The van der Waals surface area contributed by atoms with Crippen molar-refractivity contribution in [3.05, 3.63) is 76.2 Å². The monoisotopic (exact) mass is 415 g/mol. The molecule has 27 heavy (non-hydrogen) atoms. The van der Waals surface area contributed by atoms with E-state index < -0.39 is 0 Å². The highest BCUT2D eigenvalue weighted by Gasteiger charge is 2.09. The van der Waals surface area contributed by atoms with E-state index in [4.69, 9.17) is 23.2 Å². The van der Waals surface area contributed by atoms with Gasteiger partial charge >= 0.3 is 0 Å². The average Bonchev–Trinajstić information content (AvgIpc) is 3.27. The SMILES string of the molecule is CSc1nncn1/N=C\c1cn(Cc2ccc(Cl)cc2Cl)c2ccccc12. The summed E-state index contributed by atoms with van der Waals surface area (Å²) in [6.07, 6.45) is 7.43. The van der Waals surface area contributed by atoms with Crippen molar-refractivity contribution in [2.75, 3.05) is 6.26 Å². The molecule has 2 aromatic heterocycles. The molecule has 4 rings (SSSR count). The van der Waals surface area contributed by atoms with E-state index in [-0.39, 0.29) is 0 Å². The molecule has 0 saturated carbocycles. The standard InChI is InChI=1S/C19H15Cl2N5S/c1-27-19-24-22-12-26(19)23-9-14-11-25(18-5-3-2-4-16(14)18)10-13-6-7-15(20)8-17(13)21/h2-9,11-12H,10H2,1H3/b23-9-. The van der Waals surface area contributed by atoms with Crippen LogP contribution in [0, 0.1) is 0 Å². The largest absolute Gasteiger partial charge is 0.342 e. The van der Waals surface area contributed by atoms with Gasteiger partial charge in [0.15, 0.2) is 0 Å². The highest BCUT2D eigenvalue weighted by molar-refractivity contribution is 7.98. The van der Waals surface area contributed by atoms with Crippen molar-refractivity contribution in [3.63, 3.8) is 0 Å². The topological polar surface area (TPSA) is 48.0 Å². The van der Waals surface area contributed by atoms with Crippen molar-refractivity contribution in [1.82, 2.24) is 19.4 Å². The Kier molecular flexibility index (Phi) is 5.20. The zero-order valence-corrected chi connectivity index (χ0v) is 16.7. The van der Waals surface area contributed by atoms with E-state index in [0.717, 1.165) is 27.2 Å². The molecule has 2 heterocycles. The Morgan fingerprint density at radius 3 is 2.85 bits per heavy atom. The van der Waals surface area contributed by atoms with E-state index in [2.05, 4.69) is 38.2 Å². The third-order valence-electron chi connectivity index (χ3n) is 4.18. The molecule has 0 aliphatic heterocycles. The quantitative estimate of drug-likeness (QED) is 0.332.